The first-order valence-corrected chi connectivity index (χ1v) is 9.65. The molecule has 5 nitrogen and oxygen atoms in total. The van der Waals surface area contributed by atoms with Crippen LogP contribution in [0.2, 0.25) is 0 Å². The van der Waals surface area contributed by atoms with E-state index in [9.17, 15) is 9.59 Å². The fourth-order valence-corrected chi connectivity index (χ4v) is 4.34. The molecule has 1 N–H and O–H groups in total. The number of amides is 1. The Kier molecular flexibility index (Phi) is 4.73. The molecule has 0 aliphatic carbocycles. The third-order valence-electron chi connectivity index (χ3n) is 4.52. The minimum atomic E-state index is -0.216. The first-order valence-electron chi connectivity index (χ1n) is 8.83. The van der Waals surface area contributed by atoms with E-state index < -0.39 is 0 Å². The Bertz CT molecular complexity index is 1180. The van der Waals surface area contributed by atoms with Crippen LogP contribution in [0.25, 0.3) is 20.2 Å². The summed E-state index contributed by atoms with van der Waals surface area (Å²) in [5.74, 6) is -0.209. The Morgan fingerprint density at radius 2 is 1.85 bits per heavy atom. The lowest BCUT2D eigenvalue weighted by Crippen LogP contribution is -2.34. The zero-order chi connectivity index (χ0) is 18.8. The van der Waals surface area contributed by atoms with Gasteiger partial charge in [0.2, 0.25) is 5.91 Å². The highest BCUT2D eigenvalue weighted by Crippen LogP contribution is 2.32. The van der Waals surface area contributed by atoms with E-state index in [0.717, 1.165) is 32.5 Å². The van der Waals surface area contributed by atoms with Crippen molar-refractivity contribution in [3.8, 4) is 0 Å². The Morgan fingerprint density at radius 3 is 2.67 bits per heavy atom. The number of rotatable bonds is 5. The van der Waals surface area contributed by atoms with E-state index in [4.69, 9.17) is 0 Å². The summed E-state index contributed by atoms with van der Waals surface area (Å²) in [6.07, 6.45) is 0.752. The second-order valence-corrected chi connectivity index (χ2v) is 7.49. The predicted octanol–water partition coefficient (Wildman–Crippen LogP) is 3.28. The summed E-state index contributed by atoms with van der Waals surface area (Å²) >= 11 is 1.57. The number of nitrogens with one attached hydrogen (secondary N) is 1. The lowest BCUT2D eigenvalue weighted by atomic mass is 10.1. The van der Waals surface area contributed by atoms with E-state index in [1.165, 1.54) is 4.68 Å². The van der Waals surface area contributed by atoms with Crippen LogP contribution in [0.3, 0.4) is 0 Å². The maximum Gasteiger partial charge on any atom is 0.276 e. The second-order valence-electron chi connectivity index (χ2n) is 6.44. The van der Waals surface area contributed by atoms with Crippen LogP contribution < -0.4 is 10.9 Å². The number of hydrogen-bond donors (Lipinski definition) is 1. The highest BCUT2D eigenvalue weighted by Gasteiger charge is 2.15. The molecule has 4 aromatic rings. The van der Waals surface area contributed by atoms with Gasteiger partial charge in [0, 0.05) is 16.6 Å². The maximum absolute atomic E-state index is 12.9. The van der Waals surface area contributed by atoms with E-state index in [1.807, 2.05) is 61.5 Å². The van der Waals surface area contributed by atoms with Gasteiger partial charge in [0.05, 0.1) is 15.8 Å². The van der Waals surface area contributed by atoms with Gasteiger partial charge in [-0.05, 0) is 25.0 Å². The molecule has 2 aromatic carbocycles. The topological polar surface area (TPSA) is 64.0 Å². The Hall–Kier alpha value is -2.99. The molecule has 136 valence electrons. The number of fused-ring (bicyclic) bond motifs is 3. The zero-order valence-electron chi connectivity index (χ0n) is 14.9. The van der Waals surface area contributed by atoms with Crippen LogP contribution in [0, 0.1) is 6.92 Å². The molecule has 4 rings (SSSR count). The van der Waals surface area contributed by atoms with Crippen LogP contribution >= 0.6 is 11.3 Å². The van der Waals surface area contributed by atoms with Crippen molar-refractivity contribution in [2.45, 2.75) is 19.9 Å². The minimum absolute atomic E-state index is 0.0748. The summed E-state index contributed by atoms with van der Waals surface area (Å²) in [6.45, 7) is 2.33. The van der Waals surface area contributed by atoms with Gasteiger partial charge < -0.3 is 5.32 Å². The van der Waals surface area contributed by atoms with Crippen LogP contribution in [0.4, 0.5) is 0 Å². The Balaban J connectivity index is 1.55. The minimum Gasteiger partial charge on any atom is -0.354 e. The second kappa shape index (κ2) is 7.32. The van der Waals surface area contributed by atoms with Crippen LogP contribution in [0.5, 0.6) is 0 Å². The fraction of sp³-hybridized carbons (Fsp3) is 0.190. The molecule has 0 unspecified atom stereocenters. The highest BCUT2D eigenvalue weighted by atomic mass is 32.1. The number of thiophene rings is 1. The SMILES string of the molecule is Cc1nn(CC(=O)NCCc2ccccc2)c(=O)c2c1sc1ccccc12. The molecular formula is C21H19N3O2S. The van der Waals surface area contributed by atoms with E-state index in [1.54, 1.807) is 11.3 Å². The number of carbonyl (C=O) groups excluding carboxylic acids is 1. The normalized spacial score (nSPS) is 11.1. The monoisotopic (exact) mass is 377 g/mol. The Morgan fingerprint density at radius 1 is 1.11 bits per heavy atom. The van der Waals surface area contributed by atoms with Gasteiger partial charge in [0.1, 0.15) is 6.54 Å². The summed E-state index contributed by atoms with van der Waals surface area (Å²) in [7, 11) is 0. The summed E-state index contributed by atoms with van der Waals surface area (Å²) in [4.78, 5) is 25.2. The molecule has 0 spiro atoms. The van der Waals surface area contributed by atoms with E-state index in [2.05, 4.69) is 10.4 Å². The van der Waals surface area contributed by atoms with Crippen molar-refractivity contribution in [1.82, 2.24) is 15.1 Å². The van der Waals surface area contributed by atoms with Crippen molar-refractivity contribution in [1.29, 1.82) is 0 Å². The summed E-state index contributed by atoms with van der Waals surface area (Å²) in [6, 6.07) is 17.8. The molecule has 1 amide bonds. The van der Waals surface area contributed by atoms with Gasteiger partial charge in [-0.3, -0.25) is 9.59 Å². The summed E-state index contributed by atoms with van der Waals surface area (Å²) in [5, 5.41) is 8.80. The van der Waals surface area contributed by atoms with Crippen molar-refractivity contribution in [3.05, 3.63) is 76.2 Å². The van der Waals surface area contributed by atoms with Gasteiger partial charge in [-0.25, -0.2) is 4.68 Å². The molecule has 0 radical (unpaired) electrons. The molecule has 0 aliphatic rings. The quantitative estimate of drug-likeness (QED) is 0.580. The van der Waals surface area contributed by atoms with Crippen molar-refractivity contribution in [2.24, 2.45) is 0 Å². The predicted molar refractivity (Wildman–Crippen MR) is 109 cm³/mol. The first-order chi connectivity index (χ1) is 13.1. The van der Waals surface area contributed by atoms with Crippen LogP contribution in [-0.4, -0.2) is 22.2 Å². The summed E-state index contributed by atoms with van der Waals surface area (Å²) < 4.78 is 3.22. The van der Waals surface area contributed by atoms with E-state index >= 15 is 0 Å². The molecular weight excluding hydrogens is 358 g/mol. The number of benzene rings is 2. The third kappa shape index (κ3) is 3.48. The largest absolute Gasteiger partial charge is 0.354 e. The van der Waals surface area contributed by atoms with Crippen LogP contribution in [0.15, 0.2) is 59.4 Å². The van der Waals surface area contributed by atoms with Gasteiger partial charge in [-0.1, -0.05) is 48.5 Å². The number of aromatic nitrogens is 2. The maximum atomic E-state index is 12.9. The van der Waals surface area contributed by atoms with Gasteiger partial charge >= 0.3 is 0 Å². The average Bonchev–Trinajstić information content (AvgIpc) is 3.07. The lowest BCUT2D eigenvalue weighted by Gasteiger charge is -2.08. The average molecular weight is 377 g/mol. The molecule has 2 aromatic heterocycles. The van der Waals surface area contributed by atoms with Gasteiger partial charge in [-0.15, -0.1) is 11.3 Å². The van der Waals surface area contributed by atoms with Gasteiger partial charge in [-0.2, -0.15) is 5.10 Å². The molecule has 0 atom stereocenters. The number of nitrogens with zero attached hydrogens (tertiary/aromatic N) is 2. The molecule has 27 heavy (non-hydrogen) atoms. The molecule has 2 heterocycles. The number of carbonyl (C=O) groups is 1. The zero-order valence-corrected chi connectivity index (χ0v) is 15.8. The van der Waals surface area contributed by atoms with Crippen LogP contribution in [0.1, 0.15) is 11.3 Å². The molecule has 0 aliphatic heterocycles. The molecule has 0 bridgehead atoms. The molecule has 0 saturated carbocycles. The standard InChI is InChI=1S/C21H19N3O2S/c1-14-20-19(16-9-5-6-10-17(16)27-20)21(26)24(23-14)13-18(25)22-12-11-15-7-3-2-4-8-15/h2-10H,11-13H2,1H3,(H,22,25). The molecule has 0 saturated heterocycles. The van der Waals surface area contributed by atoms with E-state index in [0.29, 0.717) is 11.9 Å². The van der Waals surface area contributed by atoms with Gasteiger partial charge in [0.15, 0.2) is 0 Å². The van der Waals surface area contributed by atoms with Crippen molar-refractivity contribution >= 4 is 37.4 Å². The number of hydrogen-bond acceptors (Lipinski definition) is 4. The fourth-order valence-electron chi connectivity index (χ4n) is 3.20. The molecule has 6 heteroatoms. The van der Waals surface area contributed by atoms with Gasteiger partial charge in [0.25, 0.3) is 5.56 Å². The molecule has 0 fully saturated rings. The van der Waals surface area contributed by atoms with Crippen molar-refractivity contribution in [3.63, 3.8) is 0 Å². The van der Waals surface area contributed by atoms with E-state index in [-0.39, 0.29) is 18.0 Å². The first kappa shape index (κ1) is 17.4. The van der Waals surface area contributed by atoms with Crippen LogP contribution in [-0.2, 0) is 17.8 Å². The highest BCUT2D eigenvalue weighted by molar-refractivity contribution is 7.26. The summed E-state index contributed by atoms with van der Waals surface area (Å²) in [5.41, 5.74) is 1.71. The lowest BCUT2D eigenvalue weighted by molar-refractivity contribution is -0.121. The Labute approximate surface area is 160 Å². The third-order valence-corrected chi connectivity index (χ3v) is 5.79. The van der Waals surface area contributed by atoms with Crippen molar-refractivity contribution in [2.75, 3.05) is 6.54 Å². The number of aryl methyl sites for hydroxylation is 1. The smallest absolute Gasteiger partial charge is 0.276 e. The van der Waals surface area contributed by atoms with Crippen molar-refractivity contribution < 1.29 is 4.79 Å².